The monoisotopic (exact) mass is 461 g/mol. The van der Waals surface area contributed by atoms with Gasteiger partial charge in [0.2, 0.25) is 0 Å². The van der Waals surface area contributed by atoms with Crippen molar-refractivity contribution in [3.8, 4) is 5.75 Å². The van der Waals surface area contributed by atoms with Crippen LogP contribution in [0.5, 0.6) is 5.75 Å². The lowest BCUT2D eigenvalue weighted by Crippen LogP contribution is -2.55. The second-order valence-corrected chi connectivity index (χ2v) is 8.99. The van der Waals surface area contributed by atoms with Gasteiger partial charge in [-0.2, -0.15) is 0 Å². The minimum atomic E-state index is -1.36. The molecule has 2 aromatic rings. The fourth-order valence-electron chi connectivity index (χ4n) is 5.83. The Morgan fingerprint density at radius 1 is 1.29 bits per heavy atom. The number of rotatable bonds is 4. The Morgan fingerprint density at radius 2 is 2.00 bits per heavy atom. The molecule has 1 N–H and O–H groups in total. The Labute approximate surface area is 189 Å². The molecule has 3 heterocycles. The number of para-hydroxylation sites is 1. The van der Waals surface area contributed by atoms with Crippen molar-refractivity contribution in [2.24, 2.45) is 0 Å². The Balaban J connectivity index is 1.72. The first-order valence-electron chi connectivity index (χ1n) is 10.3. The molecule has 2 fully saturated rings. The van der Waals surface area contributed by atoms with Crippen molar-refractivity contribution >= 4 is 34.8 Å². The predicted molar refractivity (Wildman–Crippen MR) is 118 cm³/mol. The number of ether oxygens (including phenoxy) is 1. The predicted octanol–water partition coefficient (Wildman–Crippen LogP) is 4.45. The van der Waals surface area contributed by atoms with Gasteiger partial charge in [0.1, 0.15) is 0 Å². The summed E-state index contributed by atoms with van der Waals surface area (Å²) < 4.78 is 5.53. The van der Waals surface area contributed by atoms with Crippen molar-refractivity contribution in [1.29, 1.82) is 0 Å². The first-order chi connectivity index (χ1) is 14.9. The summed E-state index contributed by atoms with van der Waals surface area (Å²) in [6.45, 7) is 2.85. The molecular weight excluding hydrogens is 441 g/mol. The highest BCUT2D eigenvalue weighted by molar-refractivity contribution is 6.37. The second-order valence-electron chi connectivity index (χ2n) is 8.17. The molecule has 162 valence electrons. The maximum absolute atomic E-state index is 13.4. The van der Waals surface area contributed by atoms with Crippen LogP contribution in [0.25, 0.3) is 0 Å². The van der Waals surface area contributed by atoms with Crippen LogP contribution in [0.4, 0.5) is 5.69 Å². The smallest absolute Gasteiger partial charge is 0.256 e. The van der Waals surface area contributed by atoms with E-state index in [9.17, 15) is 14.9 Å². The number of fused-ring (bicyclic) bond motifs is 4. The van der Waals surface area contributed by atoms with Gasteiger partial charge in [0.15, 0.2) is 11.3 Å². The topological polar surface area (TPSA) is 84.7 Å². The highest BCUT2D eigenvalue weighted by atomic mass is 35.5. The zero-order valence-corrected chi connectivity index (χ0v) is 18.3. The summed E-state index contributed by atoms with van der Waals surface area (Å²) in [5.74, 6) is -0.514. The Morgan fingerprint density at radius 3 is 2.68 bits per heavy atom. The molecule has 0 aliphatic carbocycles. The van der Waals surface area contributed by atoms with Gasteiger partial charge >= 0.3 is 0 Å². The third-order valence-electron chi connectivity index (χ3n) is 6.79. The molecule has 0 unspecified atom stereocenters. The van der Waals surface area contributed by atoms with Gasteiger partial charge in [-0.25, -0.2) is 0 Å². The molecule has 3 aliphatic rings. The summed E-state index contributed by atoms with van der Waals surface area (Å²) in [6, 6.07) is 9.31. The van der Waals surface area contributed by atoms with Crippen LogP contribution < -0.4 is 10.1 Å². The van der Waals surface area contributed by atoms with E-state index in [1.807, 2.05) is 30.0 Å². The first-order valence-corrected chi connectivity index (χ1v) is 11.1. The van der Waals surface area contributed by atoms with Gasteiger partial charge < -0.3 is 10.1 Å². The number of amides is 1. The summed E-state index contributed by atoms with van der Waals surface area (Å²) in [7, 11) is 0. The number of hydrogen-bond acceptors (Lipinski definition) is 5. The largest absolute Gasteiger partial charge is 0.491 e. The highest BCUT2D eigenvalue weighted by Crippen LogP contribution is 2.58. The summed E-state index contributed by atoms with van der Waals surface area (Å²) in [4.78, 5) is 27.7. The molecule has 3 aliphatic heterocycles. The number of nitro groups is 1. The first kappa shape index (κ1) is 20.5. The molecule has 2 saturated heterocycles. The minimum Gasteiger partial charge on any atom is -0.491 e. The van der Waals surface area contributed by atoms with Crippen molar-refractivity contribution in [2.75, 3.05) is 18.5 Å². The van der Waals surface area contributed by atoms with Crippen LogP contribution in [0.2, 0.25) is 10.0 Å². The number of hydrogen-bond donors (Lipinski definition) is 1. The Kier molecular flexibility index (Phi) is 4.88. The van der Waals surface area contributed by atoms with Crippen LogP contribution in [0.15, 0.2) is 36.4 Å². The minimum absolute atomic E-state index is 0.169. The molecule has 1 amide bonds. The third kappa shape index (κ3) is 2.73. The van der Waals surface area contributed by atoms with Gasteiger partial charge in [-0.15, -0.1) is 0 Å². The number of halogens is 2. The molecule has 0 radical (unpaired) electrons. The fraction of sp³-hybridized carbons (Fsp3) is 0.409. The fourth-order valence-corrected chi connectivity index (χ4v) is 6.44. The molecule has 31 heavy (non-hydrogen) atoms. The average molecular weight is 462 g/mol. The summed E-state index contributed by atoms with van der Waals surface area (Å²) >= 11 is 12.9. The normalized spacial score (nSPS) is 29.1. The molecule has 9 heteroatoms. The molecule has 0 saturated carbocycles. The van der Waals surface area contributed by atoms with E-state index in [-0.39, 0.29) is 16.9 Å². The standard InChI is InChI=1S/C22H21Cl2N3O4/c1-2-31-19-14(23)10-12(11-15(19)24)18-17-8-5-9-26(17)22(20(18)27(29)30)13-6-3-4-7-16(13)25-21(22)28/h3-4,6-7,10-11,17-18,20H,2,5,8-9H2,1H3,(H,25,28)/t17-,18+,20+,22-/m0/s1. The maximum Gasteiger partial charge on any atom is 0.256 e. The van der Waals surface area contributed by atoms with Crippen molar-refractivity contribution in [2.45, 2.75) is 43.3 Å². The summed E-state index contributed by atoms with van der Waals surface area (Å²) in [6.07, 6.45) is 1.62. The zero-order chi connectivity index (χ0) is 21.9. The van der Waals surface area contributed by atoms with E-state index in [0.717, 1.165) is 12.8 Å². The van der Waals surface area contributed by atoms with Crippen molar-refractivity contribution in [3.63, 3.8) is 0 Å². The van der Waals surface area contributed by atoms with E-state index < -0.39 is 17.5 Å². The van der Waals surface area contributed by atoms with Crippen molar-refractivity contribution in [1.82, 2.24) is 4.90 Å². The van der Waals surface area contributed by atoms with E-state index in [4.69, 9.17) is 27.9 Å². The van der Waals surface area contributed by atoms with E-state index in [2.05, 4.69) is 5.32 Å². The Bertz CT molecular complexity index is 1070. The third-order valence-corrected chi connectivity index (χ3v) is 7.35. The van der Waals surface area contributed by atoms with Crippen LogP contribution in [0.1, 0.15) is 36.8 Å². The van der Waals surface area contributed by atoms with E-state index in [0.29, 0.717) is 45.8 Å². The van der Waals surface area contributed by atoms with Gasteiger partial charge in [-0.05, 0) is 43.5 Å². The molecular formula is C22H21Cl2N3O4. The molecule has 2 aromatic carbocycles. The summed E-state index contributed by atoms with van der Waals surface area (Å²) in [5, 5.41) is 16.1. The van der Waals surface area contributed by atoms with Gasteiger partial charge in [0.25, 0.3) is 11.9 Å². The highest BCUT2D eigenvalue weighted by Gasteiger charge is 2.73. The van der Waals surface area contributed by atoms with Gasteiger partial charge in [-0.3, -0.25) is 19.8 Å². The van der Waals surface area contributed by atoms with Gasteiger partial charge in [0, 0.05) is 28.8 Å². The average Bonchev–Trinajstić information content (AvgIpc) is 3.38. The van der Waals surface area contributed by atoms with E-state index in [1.54, 1.807) is 18.2 Å². The Hall–Kier alpha value is -2.35. The lowest BCUT2D eigenvalue weighted by Gasteiger charge is -2.32. The molecule has 0 aromatic heterocycles. The quantitative estimate of drug-likeness (QED) is 0.536. The van der Waals surface area contributed by atoms with Crippen LogP contribution in [0.3, 0.4) is 0 Å². The number of nitrogens with zero attached hydrogens (tertiary/aromatic N) is 2. The molecule has 5 rings (SSSR count). The van der Waals surface area contributed by atoms with Crippen LogP contribution >= 0.6 is 23.2 Å². The molecule has 0 bridgehead atoms. The van der Waals surface area contributed by atoms with Crippen LogP contribution in [-0.4, -0.2) is 41.0 Å². The number of anilines is 1. The van der Waals surface area contributed by atoms with E-state index >= 15 is 0 Å². The van der Waals surface area contributed by atoms with E-state index in [1.165, 1.54) is 0 Å². The maximum atomic E-state index is 13.4. The lowest BCUT2D eigenvalue weighted by atomic mass is 9.77. The van der Waals surface area contributed by atoms with Crippen molar-refractivity contribution in [3.05, 3.63) is 67.7 Å². The van der Waals surface area contributed by atoms with Gasteiger partial charge in [-0.1, -0.05) is 41.4 Å². The number of carbonyl (C=O) groups excluding carboxylic acids is 1. The van der Waals surface area contributed by atoms with Crippen LogP contribution in [0, 0.1) is 10.1 Å². The number of nitrogens with one attached hydrogen (secondary N) is 1. The second kappa shape index (κ2) is 7.36. The molecule has 1 spiro atoms. The van der Waals surface area contributed by atoms with Crippen LogP contribution in [-0.2, 0) is 10.3 Å². The molecule has 4 atom stereocenters. The SMILES string of the molecule is CCOc1c(Cl)cc([C@@H]2[C@@H]3CCCN3[C@]3(C(=O)Nc4ccccc43)[C@@H]2[N+](=O)[O-])cc1Cl. The summed E-state index contributed by atoms with van der Waals surface area (Å²) in [5.41, 5.74) is 0.600. The van der Waals surface area contributed by atoms with Gasteiger partial charge in [0.05, 0.1) is 22.6 Å². The zero-order valence-electron chi connectivity index (χ0n) is 16.8. The number of carbonyl (C=O) groups is 1. The lowest BCUT2D eigenvalue weighted by molar-refractivity contribution is -0.534. The number of benzene rings is 2. The molecule has 7 nitrogen and oxygen atoms in total. The van der Waals surface area contributed by atoms with Crippen molar-refractivity contribution < 1.29 is 14.5 Å².